The molecule has 1 aliphatic rings. The highest BCUT2D eigenvalue weighted by Gasteiger charge is 2.25. The molecule has 1 saturated carbocycles. The van der Waals surface area contributed by atoms with Gasteiger partial charge in [-0.25, -0.2) is 4.68 Å². The molecule has 0 atom stereocenters. The summed E-state index contributed by atoms with van der Waals surface area (Å²) in [6, 6.07) is 5.15. The molecule has 0 aromatic carbocycles. The van der Waals surface area contributed by atoms with Crippen molar-refractivity contribution in [3.63, 3.8) is 0 Å². The summed E-state index contributed by atoms with van der Waals surface area (Å²) in [5.74, 6) is -0.0987. The van der Waals surface area contributed by atoms with E-state index in [2.05, 4.69) is 15.5 Å². The SMILES string of the molecule is Cn1nccc1C(=O)NC1CCC(n2ncccc2=O)CC1. The van der Waals surface area contributed by atoms with E-state index in [0.717, 1.165) is 25.7 Å². The highest BCUT2D eigenvalue weighted by atomic mass is 16.2. The number of carbonyl (C=O) groups is 1. The predicted octanol–water partition coefficient (Wildman–Crippen LogP) is 0.890. The maximum Gasteiger partial charge on any atom is 0.269 e. The summed E-state index contributed by atoms with van der Waals surface area (Å²) in [5, 5.41) is 11.2. The van der Waals surface area contributed by atoms with Gasteiger partial charge in [0.15, 0.2) is 0 Å². The zero-order chi connectivity index (χ0) is 15.5. The Labute approximate surface area is 128 Å². The third-order valence-corrected chi connectivity index (χ3v) is 4.17. The van der Waals surface area contributed by atoms with Crippen molar-refractivity contribution in [2.24, 2.45) is 7.05 Å². The molecule has 7 heteroatoms. The normalized spacial score (nSPS) is 21.5. The number of aryl methyl sites for hydroxylation is 1. The summed E-state index contributed by atoms with van der Waals surface area (Å²) < 4.78 is 3.12. The summed E-state index contributed by atoms with van der Waals surface area (Å²) in [7, 11) is 1.75. The van der Waals surface area contributed by atoms with Gasteiger partial charge in [-0.15, -0.1) is 0 Å². The summed E-state index contributed by atoms with van der Waals surface area (Å²) in [6.45, 7) is 0. The molecular formula is C15H19N5O2. The van der Waals surface area contributed by atoms with Crippen molar-refractivity contribution in [2.75, 3.05) is 0 Å². The zero-order valence-electron chi connectivity index (χ0n) is 12.5. The second-order valence-corrected chi connectivity index (χ2v) is 5.63. The quantitative estimate of drug-likeness (QED) is 0.913. The second-order valence-electron chi connectivity index (χ2n) is 5.63. The van der Waals surface area contributed by atoms with Crippen LogP contribution in [-0.2, 0) is 7.05 Å². The molecule has 1 fully saturated rings. The van der Waals surface area contributed by atoms with E-state index in [1.54, 1.807) is 40.9 Å². The minimum absolute atomic E-state index is 0.0649. The Morgan fingerprint density at radius 3 is 2.59 bits per heavy atom. The van der Waals surface area contributed by atoms with Gasteiger partial charge >= 0.3 is 0 Å². The van der Waals surface area contributed by atoms with Gasteiger partial charge in [0.2, 0.25) is 0 Å². The van der Waals surface area contributed by atoms with Gasteiger partial charge in [-0.1, -0.05) is 0 Å². The highest BCUT2D eigenvalue weighted by Crippen LogP contribution is 2.26. The average Bonchev–Trinajstić information content (AvgIpc) is 2.95. The Hall–Kier alpha value is -2.44. The van der Waals surface area contributed by atoms with Crippen LogP contribution in [0.5, 0.6) is 0 Å². The number of nitrogens with zero attached hydrogens (tertiary/aromatic N) is 4. The van der Waals surface area contributed by atoms with Crippen LogP contribution in [-0.4, -0.2) is 31.5 Å². The molecular weight excluding hydrogens is 282 g/mol. The molecule has 22 heavy (non-hydrogen) atoms. The van der Waals surface area contributed by atoms with Crippen LogP contribution in [0.2, 0.25) is 0 Å². The molecule has 0 unspecified atom stereocenters. The van der Waals surface area contributed by atoms with Crippen molar-refractivity contribution < 1.29 is 4.79 Å². The molecule has 0 spiro atoms. The molecule has 3 rings (SSSR count). The van der Waals surface area contributed by atoms with Crippen LogP contribution >= 0.6 is 0 Å². The maximum atomic E-state index is 12.2. The van der Waals surface area contributed by atoms with E-state index in [0.29, 0.717) is 5.69 Å². The van der Waals surface area contributed by atoms with Crippen molar-refractivity contribution in [2.45, 2.75) is 37.8 Å². The molecule has 0 radical (unpaired) electrons. The van der Waals surface area contributed by atoms with Crippen molar-refractivity contribution in [3.05, 3.63) is 46.6 Å². The monoisotopic (exact) mass is 301 g/mol. The van der Waals surface area contributed by atoms with E-state index in [1.807, 2.05) is 0 Å². The number of rotatable bonds is 3. The van der Waals surface area contributed by atoms with Crippen LogP contribution in [0.3, 0.4) is 0 Å². The fraction of sp³-hybridized carbons (Fsp3) is 0.467. The van der Waals surface area contributed by atoms with E-state index >= 15 is 0 Å². The third-order valence-electron chi connectivity index (χ3n) is 4.17. The fourth-order valence-electron chi connectivity index (χ4n) is 2.96. The van der Waals surface area contributed by atoms with Gasteiger partial charge < -0.3 is 5.32 Å². The van der Waals surface area contributed by atoms with Gasteiger partial charge in [0.1, 0.15) is 5.69 Å². The van der Waals surface area contributed by atoms with Crippen LogP contribution in [0.1, 0.15) is 42.2 Å². The fourth-order valence-corrected chi connectivity index (χ4v) is 2.96. The number of carbonyl (C=O) groups excluding carboxylic acids is 1. The van der Waals surface area contributed by atoms with E-state index in [-0.39, 0.29) is 23.6 Å². The van der Waals surface area contributed by atoms with Crippen LogP contribution < -0.4 is 10.9 Å². The van der Waals surface area contributed by atoms with E-state index in [4.69, 9.17) is 0 Å². The van der Waals surface area contributed by atoms with Crippen molar-refractivity contribution in [1.29, 1.82) is 0 Å². The first-order chi connectivity index (χ1) is 10.6. The lowest BCUT2D eigenvalue weighted by Crippen LogP contribution is -2.40. The minimum Gasteiger partial charge on any atom is -0.348 e. The largest absolute Gasteiger partial charge is 0.348 e. The van der Waals surface area contributed by atoms with Crippen molar-refractivity contribution in [3.8, 4) is 0 Å². The van der Waals surface area contributed by atoms with Gasteiger partial charge in [-0.05, 0) is 37.8 Å². The smallest absolute Gasteiger partial charge is 0.269 e. The van der Waals surface area contributed by atoms with Crippen molar-refractivity contribution in [1.82, 2.24) is 24.9 Å². The third kappa shape index (κ3) is 2.93. The Balaban J connectivity index is 1.58. The summed E-state index contributed by atoms with van der Waals surface area (Å²) in [5.41, 5.74) is 0.493. The average molecular weight is 301 g/mol. The number of hydrogen-bond acceptors (Lipinski definition) is 4. The van der Waals surface area contributed by atoms with Crippen LogP contribution in [0.4, 0.5) is 0 Å². The molecule has 1 aliphatic carbocycles. The first-order valence-corrected chi connectivity index (χ1v) is 7.48. The Kier molecular flexibility index (Phi) is 4.04. The molecule has 2 aromatic rings. The van der Waals surface area contributed by atoms with Crippen molar-refractivity contribution >= 4 is 5.91 Å². The molecule has 0 aliphatic heterocycles. The van der Waals surface area contributed by atoms with Crippen LogP contribution in [0.15, 0.2) is 35.4 Å². The maximum absolute atomic E-state index is 12.2. The topological polar surface area (TPSA) is 81.8 Å². The highest BCUT2D eigenvalue weighted by molar-refractivity contribution is 5.92. The summed E-state index contributed by atoms with van der Waals surface area (Å²) in [6.07, 6.45) is 6.62. The summed E-state index contributed by atoms with van der Waals surface area (Å²) >= 11 is 0. The Morgan fingerprint density at radius 1 is 1.18 bits per heavy atom. The van der Waals surface area contributed by atoms with Gasteiger partial charge in [0.25, 0.3) is 11.5 Å². The van der Waals surface area contributed by atoms with Gasteiger partial charge in [0.05, 0.1) is 6.04 Å². The molecule has 0 saturated heterocycles. The standard InChI is InChI=1S/C15H19N5O2/c1-19-13(8-10-16-19)15(22)18-11-4-6-12(7-5-11)20-14(21)3-2-9-17-20/h2-3,8-12H,4-7H2,1H3,(H,18,22). The van der Waals surface area contributed by atoms with E-state index in [1.165, 1.54) is 6.07 Å². The first kappa shape index (κ1) is 14.5. The zero-order valence-corrected chi connectivity index (χ0v) is 12.5. The van der Waals surface area contributed by atoms with Gasteiger partial charge in [-0.2, -0.15) is 10.2 Å². The number of amides is 1. The van der Waals surface area contributed by atoms with Gasteiger partial charge in [0, 0.05) is 31.5 Å². The molecule has 0 bridgehead atoms. The first-order valence-electron chi connectivity index (χ1n) is 7.48. The van der Waals surface area contributed by atoms with Gasteiger partial charge in [-0.3, -0.25) is 14.3 Å². The molecule has 1 N–H and O–H groups in total. The Bertz CT molecular complexity index is 712. The minimum atomic E-state index is -0.0987. The number of nitrogens with one attached hydrogen (secondary N) is 1. The molecule has 116 valence electrons. The van der Waals surface area contributed by atoms with Crippen LogP contribution in [0.25, 0.3) is 0 Å². The molecule has 2 aromatic heterocycles. The number of hydrogen-bond donors (Lipinski definition) is 1. The lowest BCUT2D eigenvalue weighted by Gasteiger charge is -2.29. The lowest BCUT2D eigenvalue weighted by molar-refractivity contribution is 0.0911. The molecule has 1 amide bonds. The predicted molar refractivity (Wildman–Crippen MR) is 80.5 cm³/mol. The second kappa shape index (κ2) is 6.13. The van der Waals surface area contributed by atoms with Crippen LogP contribution in [0, 0.1) is 0 Å². The molecule has 7 nitrogen and oxygen atoms in total. The molecule has 2 heterocycles. The van der Waals surface area contributed by atoms with E-state index in [9.17, 15) is 9.59 Å². The van der Waals surface area contributed by atoms with E-state index < -0.39 is 0 Å². The number of aromatic nitrogens is 4. The lowest BCUT2D eigenvalue weighted by atomic mass is 9.91. The summed E-state index contributed by atoms with van der Waals surface area (Å²) in [4.78, 5) is 24.0. The Morgan fingerprint density at radius 2 is 1.95 bits per heavy atom.